The van der Waals surface area contributed by atoms with Crippen LogP contribution in [0.4, 0.5) is 0 Å². The molecule has 0 atom stereocenters. The van der Waals surface area contributed by atoms with E-state index < -0.39 is 0 Å². The van der Waals surface area contributed by atoms with Gasteiger partial charge in [0.1, 0.15) is 6.61 Å². The average molecular weight is 185 g/mol. The maximum Gasteiger partial charge on any atom is 0.245 e. The zero-order valence-corrected chi connectivity index (χ0v) is 8.34. The van der Waals surface area contributed by atoms with Gasteiger partial charge >= 0.3 is 0 Å². The van der Waals surface area contributed by atoms with Crippen LogP contribution in [0, 0.1) is 5.92 Å². The van der Waals surface area contributed by atoms with Crippen LogP contribution in [0.15, 0.2) is 0 Å². The third-order valence-corrected chi connectivity index (χ3v) is 2.15. The summed E-state index contributed by atoms with van der Waals surface area (Å²) in [6.45, 7) is 3.75. The van der Waals surface area contributed by atoms with E-state index in [1.807, 2.05) is 6.92 Å². The fourth-order valence-electron chi connectivity index (χ4n) is 1.18. The number of ether oxygens (including phenoxy) is 1. The summed E-state index contributed by atoms with van der Waals surface area (Å²) in [4.78, 5) is 11.1. The Balaban J connectivity index is 1.84. The fourth-order valence-corrected chi connectivity index (χ4v) is 1.18. The highest BCUT2D eigenvalue weighted by molar-refractivity contribution is 5.77. The Hall–Kier alpha value is -0.570. The lowest BCUT2D eigenvalue weighted by Crippen LogP contribution is -2.28. The second-order valence-electron chi connectivity index (χ2n) is 3.63. The summed E-state index contributed by atoms with van der Waals surface area (Å²) < 4.78 is 5.11. The molecule has 0 radical (unpaired) electrons. The SMILES string of the molecule is CCCOCC(=O)NCCC1CC1. The minimum absolute atomic E-state index is 0.0223. The summed E-state index contributed by atoms with van der Waals surface area (Å²) in [5.74, 6) is 0.908. The molecular weight excluding hydrogens is 166 g/mol. The molecule has 1 rings (SSSR count). The van der Waals surface area contributed by atoms with Gasteiger partial charge in [-0.3, -0.25) is 4.79 Å². The standard InChI is InChI=1S/C10H19NO2/c1-2-7-13-8-10(12)11-6-5-9-3-4-9/h9H,2-8H2,1H3,(H,11,12). The van der Waals surface area contributed by atoms with Gasteiger partial charge in [-0.2, -0.15) is 0 Å². The molecule has 1 N–H and O–H groups in total. The monoisotopic (exact) mass is 185 g/mol. The first-order valence-electron chi connectivity index (χ1n) is 5.17. The van der Waals surface area contributed by atoms with Gasteiger partial charge in [0.15, 0.2) is 0 Å². The van der Waals surface area contributed by atoms with Gasteiger partial charge in [-0.1, -0.05) is 19.8 Å². The van der Waals surface area contributed by atoms with E-state index in [4.69, 9.17) is 4.74 Å². The summed E-state index contributed by atoms with van der Waals surface area (Å²) in [7, 11) is 0. The zero-order valence-electron chi connectivity index (χ0n) is 8.34. The first-order valence-corrected chi connectivity index (χ1v) is 5.17. The minimum atomic E-state index is 0.0223. The Kier molecular flexibility index (Phi) is 4.83. The van der Waals surface area contributed by atoms with Crippen LogP contribution >= 0.6 is 0 Å². The number of amides is 1. The first kappa shape index (κ1) is 10.5. The second-order valence-corrected chi connectivity index (χ2v) is 3.63. The molecule has 0 aliphatic heterocycles. The van der Waals surface area contributed by atoms with Crippen LogP contribution in [0.5, 0.6) is 0 Å². The maximum atomic E-state index is 11.1. The number of carbonyl (C=O) groups excluding carboxylic acids is 1. The van der Waals surface area contributed by atoms with Crippen LogP contribution in [0.3, 0.4) is 0 Å². The quantitative estimate of drug-likeness (QED) is 0.608. The van der Waals surface area contributed by atoms with Gasteiger partial charge in [0.05, 0.1) is 0 Å². The van der Waals surface area contributed by atoms with Gasteiger partial charge in [-0.25, -0.2) is 0 Å². The molecule has 0 aromatic rings. The molecule has 13 heavy (non-hydrogen) atoms. The molecule has 0 unspecified atom stereocenters. The van der Waals surface area contributed by atoms with Gasteiger partial charge in [-0.05, 0) is 18.8 Å². The molecule has 0 aromatic heterocycles. The summed E-state index contributed by atoms with van der Waals surface area (Å²) in [6, 6.07) is 0. The minimum Gasteiger partial charge on any atom is -0.372 e. The lowest BCUT2D eigenvalue weighted by atomic mass is 10.3. The predicted molar refractivity (Wildman–Crippen MR) is 51.5 cm³/mol. The van der Waals surface area contributed by atoms with Crippen LogP contribution in [0.2, 0.25) is 0 Å². The van der Waals surface area contributed by atoms with Crippen molar-refractivity contribution in [3.63, 3.8) is 0 Å². The van der Waals surface area contributed by atoms with Crippen LogP contribution in [0.25, 0.3) is 0 Å². The molecule has 1 aliphatic carbocycles. The molecule has 3 heteroatoms. The van der Waals surface area contributed by atoms with Crippen molar-refractivity contribution in [2.45, 2.75) is 32.6 Å². The van der Waals surface area contributed by atoms with Gasteiger partial charge in [-0.15, -0.1) is 0 Å². The van der Waals surface area contributed by atoms with Crippen molar-refractivity contribution >= 4 is 5.91 Å². The topological polar surface area (TPSA) is 38.3 Å². The Morgan fingerprint density at radius 1 is 1.54 bits per heavy atom. The predicted octanol–water partition coefficient (Wildman–Crippen LogP) is 1.33. The first-order chi connectivity index (χ1) is 6.33. The molecule has 76 valence electrons. The van der Waals surface area contributed by atoms with Crippen molar-refractivity contribution in [2.75, 3.05) is 19.8 Å². The van der Waals surface area contributed by atoms with E-state index in [0.717, 1.165) is 25.3 Å². The molecule has 0 saturated heterocycles. The highest BCUT2D eigenvalue weighted by Gasteiger charge is 2.20. The summed E-state index contributed by atoms with van der Waals surface area (Å²) in [6.07, 6.45) is 4.80. The second kappa shape index (κ2) is 5.97. The van der Waals surface area contributed by atoms with E-state index in [1.54, 1.807) is 0 Å². The number of nitrogens with one attached hydrogen (secondary N) is 1. The molecule has 1 aliphatic rings. The molecule has 0 bridgehead atoms. The van der Waals surface area contributed by atoms with Gasteiger partial charge < -0.3 is 10.1 Å². The number of carbonyl (C=O) groups is 1. The molecule has 1 amide bonds. The van der Waals surface area contributed by atoms with Crippen molar-refractivity contribution in [1.29, 1.82) is 0 Å². The number of hydrogen-bond donors (Lipinski definition) is 1. The lowest BCUT2D eigenvalue weighted by molar-refractivity contribution is -0.125. The van der Waals surface area contributed by atoms with Crippen LogP contribution in [0.1, 0.15) is 32.6 Å². The van der Waals surface area contributed by atoms with E-state index in [0.29, 0.717) is 6.61 Å². The smallest absolute Gasteiger partial charge is 0.245 e. The highest BCUT2D eigenvalue weighted by atomic mass is 16.5. The van der Waals surface area contributed by atoms with E-state index in [1.165, 1.54) is 12.8 Å². The number of hydrogen-bond acceptors (Lipinski definition) is 2. The van der Waals surface area contributed by atoms with E-state index in [2.05, 4.69) is 5.32 Å². The Bertz CT molecular complexity index is 155. The maximum absolute atomic E-state index is 11.1. The van der Waals surface area contributed by atoms with Crippen molar-refractivity contribution < 1.29 is 9.53 Å². The van der Waals surface area contributed by atoms with Crippen molar-refractivity contribution in [2.24, 2.45) is 5.92 Å². The van der Waals surface area contributed by atoms with Crippen molar-refractivity contribution in [3.8, 4) is 0 Å². The molecule has 1 saturated carbocycles. The molecule has 3 nitrogen and oxygen atoms in total. The molecule has 1 fully saturated rings. The third kappa shape index (κ3) is 5.64. The number of rotatable bonds is 7. The summed E-state index contributed by atoms with van der Waals surface area (Å²) in [5, 5.41) is 2.85. The Labute approximate surface area is 79.8 Å². The van der Waals surface area contributed by atoms with E-state index in [-0.39, 0.29) is 12.5 Å². The zero-order chi connectivity index (χ0) is 9.52. The largest absolute Gasteiger partial charge is 0.372 e. The van der Waals surface area contributed by atoms with Crippen LogP contribution in [-0.2, 0) is 9.53 Å². The summed E-state index contributed by atoms with van der Waals surface area (Å²) >= 11 is 0. The fraction of sp³-hybridized carbons (Fsp3) is 0.900. The Morgan fingerprint density at radius 3 is 2.92 bits per heavy atom. The van der Waals surface area contributed by atoms with Crippen LogP contribution in [-0.4, -0.2) is 25.7 Å². The molecular formula is C10H19NO2. The average Bonchev–Trinajstić information content (AvgIpc) is 2.89. The van der Waals surface area contributed by atoms with Crippen molar-refractivity contribution in [3.05, 3.63) is 0 Å². The van der Waals surface area contributed by atoms with Crippen LogP contribution < -0.4 is 5.32 Å². The van der Waals surface area contributed by atoms with Gasteiger partial charge in [0, 0.05) is 13.2 Å². The Morgan fingerprint density at radius 2 is 2.31 bits per heavy atom. The van der Waals surface area contributed by atoms with E-state index in [9.17, 15) is 4.79 Å². The normalized spacial score (nSPS) is 15.8. The third-order valence-electron chi connectivity index (χ3n) is 2.15. The molecule has 0 heterocycles. The van der Waals surface area contributed by atoms with E-state index >= 15 is 0 Å². The van der Waals surface area contributed by atoms with Crippen molar-refractivity contribution in [1.82, 2.24) is 5.32 Å². The highest BCUT2D eigenvalue weighted by Crippen LogP contribution is 2.31. The van der Waals surface area contributed by atoms with Gasteiger partial charge in [0.25, 0.3) is 0 Å². The van der Waals surface area contributed by atoms with Gasteiger partial charge in [0.2, 0.25) is 5.91 Å². The summed E-state index contributed by atoms with van der Waals surface area (Å²) in [5.41, 5.74) is 0. The lowest BCUT2D eigenvalue weighted by Gasteiger charge is -2.04. The molecule has 0 spiro atoms. The molecule has 0 aromatic carbocycles.